The van der Waals surface area contributed by atoms with E-state index in [1.807, 2.05) is 6.92 Å². The normalized spacial score (nSPS) is 14.1. The van der Waals surface area contributed by atoms with Gasteiger partial charge in [0.25, 0.3) is 0 Å². The fourth-order valence-corrected chi connectivity index (χ4v) is 4.16. The highest BCUT2D eigenvalue weighted by Gasteiger charge is 2.34. The molecule has 9 heteroatoms. The Morgan fingerprint density at radius 2 is 1.37 bits per heavy atom. The number of rotatable bonds is 8. The average Bonchev–Trinajstić information content (AvgIpc) is 2.66. The molecule has 0 amide bonds. The number of carbonyl (C=O) groups excluding carboxylic acids is 2. The van der Waals surface area contributed by atoms with Gasteiger partial charge < -0.3 is 19.4 Å². The Bertz CT molecular complexity index is 1130. The SMILES string of the molecule is Cc1ccc(S(=O)(=O)Oc2ccc(C(C(=O)OC(C)(C)C)C(N)CC(=O)OC(C)(C)C)cc2)cc1. The minimum absolute atomic E-state index is 0.0261. The third kappa shape index (κ3) is 8.99. The quantitative estimate of drug-likeness (QED) is 0.417. The van der Waals surface area contributed by atoms with Crippen LogP contribution in [0.15, 0.2) is 53.4 Å². The fourth-order valence-electron chi connectivity index (χ4n) is 3.23. The van der Waals surface area contributed by atoms with Crippen LogP contribution in [0.4, 0.5) is 0 Å². The van der Waals surface area contributed by atoms with Gasteiger partial charge in [0.05, 0.1) is 12.3 Å². The lowest BCUT2D eigenvalue weighted by atomic mass is 9.89. The van der Waals surface area contributed by atoms with Crippen molar-refractivity contribution >= 4 is 22.1 Å². The van der Waals surface area contributed by atoms with Gasteiger partial charge in [-0.15, -0.1) is 0 Å². The molecule has 0 radical (unpaired) electrons. The van der Waals surface area contributed by atoms with Crippen LogP contribution >= 0.6 is 0 Å². The highest BCUT2D eigenvalue weighted by Crippen LogP contribution is 2.28. The van der Waals surface area contributed by atoms with Gasteiger partial charge in [-0.05, 0) is 78.3 Å². The molecule has 2 unspecified atom stereocenters. The van der Waals surface area contributed by atoms with Crippen LogP contribution in [0.2, 0.25) is 0 Å². The molecule has 35 heavy (non-hydrogen) atoms. The van der Waals surface area contributed by atoms with E-state index in [4.69, 9.17) is 19.4 Å². The van der Waals surface area contributed by atoms with Crippen LogP contribution in [0.3, 0.4) is 0 Å². The van der Waals surface area contributed by atoms with Crippen molar-refractivity contribution in [3.63, 3.8) is 0 Å². The molecule has 2 aromatic carbocycles. The summed E-state index contributed by atoms with van der Waals surface area (Å²) in [6.07, 6.45) is -0.207. The lowest BCUT2D eigenvalue weighted by Gasteiger charge is -2.28. The number of carbonyl (C=O) groups is 2. The molecule has 0 bridgehead atoms. The summed E-state index contributed by atoms with van der Waals surface area (Å²) in [6.45, 7) is 12.3. The number of hydrogen-bond donors (Lipinski definition) is 1. The topological polar surface area (TPSA) is 122 Å². The first-order valence-electron chi connectivity index (χ1n) is 11.3. The van der Waals surface area contributed by atoms with Gasteiger partial charge in [-0.3, -0.25) is 9.59 Å². The lowest BCUT2D eigenvalue weighted by Crippen LogP contribution is -2.40. The number of hydrogen-bond acceptors (Lipinski definition) is 8. The van der Waals surface area contributed by atoms with Crippen LogP contribution in [-0.2, 0) is 29.2 Å². The van der Waals surface area contributed by atoms with E-state index in [1.165, 1.54) is 36.4 Å². The summed E-state index contributed by atoms with van der Waals surface area (Å²) >= 11 is 0. The Labute approximate surface area is 207 Å². The van der Waals surface area contributed by atoms with E-state index in [1.54, 1.807) is 53.7 Å². The molecule has 0 spiro atoms. The fraction of sp³-hybridized carbons (Fsp3) is 0.462. The van der Waals surface area contributed by atoms with Crippen LogP contribution in [0.25, 0.3) is 0 Å². The van der Waals surface area contributed by atoms with Crippen LogP contribution in [0.1, 0.15) is 65.0 Å². The second-order valence-corrected chi connectivity index (χ2v) is 11.9. The number of benzene rings is 2. The Balaban J connectivity index is 2.28. The monoisotopic (exact) mass is 505 g/mol. The summed E-state index contributed by atoms with van der Waals surface area (Å²) in [5.41, 5.74) is 6.20. The molecule has 0 aliphatic heterocycles. The molecule has 2 aromatic rings. The molecule has 192 valence electrons. The van der Waals surface area contributed by atoms with E-state index in [0.717, 1.165) is 5.56 Å². The van der Waals surface area contributed by atoms with Gasteiger partial charge in [0.1, 0.15) is 21.8 Å². The molecule has 2 atom stereocenters. The maximum Gasteiger partial charge on any atom is 0.339 e. The van der Waals surface area contributed by atoms with E-state index < -0.39 is 45.2 Å². The Morgan fingerprint density at radius 3 is 1.86 bits per heavy atom. The van der Waals surface area contributed by atoms with Crippen molar-refractivity contribution in [2.24, 2.45) is 5.73 Å². The molecule has 2 rings (SSSR count). The predicted octanol–water partition coefficient (Wildman–Crippen LogP) is 4.25. The Kier molecular flexibility index (Phi) is 8.73. The molecular weight excluding hydrogens is 470 g/mol. The molecule has 0 saturated heterocycles. The summed E-state index contributed by atoms with van der Waals surface area (Å²) in [4.78, 5) is 25.4. The standard InChI is InChI=1S/C26H35NO7S/c1-17-8-14-20(15-9-17)35(30,31)34-19-12-10-18(11-13-19)23(24(29)33-26(5,6)7)21(27)16-22(28)32-25(2,3)4/h8-15,21,23H,16,27H2,1-7H3. The van der Waals surface area contributed by atoms with Crippen LogP contribution in [0.5, 0.6) is 5.75 Å². The van der Waals surface area contributed by atoms with Gasteiger partial charge in [-0.25, -0.2) is 0 Å². The Hall–Kier alpha value is -2.91. The van der Waals surface area contributed by atoms with Crippen molar-refractivity contribution < 1.29 is 31.7 Å². The number of esters is 2. The maximum absolute atomic E-state index is 13.0. The smallest absolute Gasteiger partial charge is 0.339 e. The average molecular weight is 506 g/mol. The summed E-state index contributed by atoms with van der Waals surface area (Å²) in [6, 6.07) is 11.3. The maximum atomic E-state index is 13.0. The van der Waals surface area contributed by atoms with Crippen LogP contribution in [0, 0.1) is 6.92 Å². The summed E-state index contributed by atoms with van der Waals surface area (Å²) in [7, 11) is -4.03. The minimum atomic E-state index is -4.03. The zero-order chi connectivity index (χ0) is 26.6. The number of ether oxygens (including phenoxy) is 2. The molecule has 0 saturated carbocycles. The van der Waals surface area contributed by atoms with E-state index in [0.29, 0.717) is 5.56 Å². The first-order valence-corrected chi connectivity index (χ1v) is 12.7. The third-order valence-corrected chi connectivity index (χ3v) is 5.93. The summed E-state index contributed by atoms with van der Waals surface area (Å²) in [5, 5.41) is 0. The lowest BCUT2D eigenvalue weighted by molar-refractivity contribution is -0.158. The van der Waals surface area contributed by atoms with Crippen molar-refractivity contribution in [2.45, 2.75) is 82.9 Å². The van der Waals surface area contributed by atoms with Gasteiger partial charge in [-0.2, -0.15) is 8.42 Å². The van der Waals surface area contributed by atoms with Gasteiger partial charge in [0.15, 0.2) is 0 Å². The van der Waals surface area contributed by atoms with Crippen molar-refractivity contribution in [3.8, 4) is 5.75 Å². The van der Waals surface area contributed by atoms with Crippen molar-refractivity contribution in [3.05, 3.63) is 59.7 Å². The molecule has 0 fully saturated rings. The Morgan fingerprint density at radius 1 is 0.857 bits per heavy atom. The largest absolute Gasteiger partial charge is 0.460 e. The number of aryl methyl sites for hydroxylation is 1. The van der Waals surface area contributed by atoms with Crippen molar-refractivity contribution in [2.75, 3.05) is 0 Å². The second-order valence-electron chi connectivity index (χ2n) is 10.4. The van der Waals surface area contributed by atoms with Gasteiger partial charge >= 0.3 is 22.1 Å². The highest BCUT2D eigenvalue weighted by molar-refractivity contribution is 7.87. The van der Waals surface area contributed by atoms with Gasteiger partial charge in [-0.1, -0.05) is 29.8 Å². The zero-order valence-corrected chi connectivity index (χ0v) is 22.1. The van der Waals surface area contributed by atoms with Crippen LogP contribution in [-0.4, -0.2) is 37.6 Å². The summed E-state index contributed by atoms with van der Waals surface area (Å²) in [5.74, 6) is -2.06. The highest BCUT2D eigenvalue weighted by atomic mass is 32.2. The van der Waals surface area contributed by atoms with E-state index in [2.05, 4.69) is 0 Å². The number of nitrogens with two attached hydrogens (primary N) is 1. The molecule has 0 aromatic heterocycles. The molecule has 2 N–H and O–H groups in total. The van der Waals surface area contributed by atoms with E-state index in [9.17, 15) is 18.0 Å². The van der Waals surface area contributed by atoms with E-state index in [-0.39, 0.29) is 17.1 Å². The zero-order valence-electron chi connectivity index (χ0n) is 21.3. The molecule has 0 aliphatic carbocycles. The molecular formula is C26H35NO7S. The second kappa shape index (κ2) is 10.8. The first-order chi connectivity index (χ1) is 16.0. The third-order valence-electron chi connectivity index (χ3n) is 4.67. The van der Waals surface area contributed by atoms with Crippen LogP contribution < -0.4 is 9.92 Å². The predicted molar refractivity (Wildman–Crippen MR) is 132 cm³/mol. The molecule has 0 heterocycles. The molecule has 8 nitrogen and oxygen atoms in total. The van der Waals surface area contributed by atoms with Gasteiger partial charge in [0, 0.05) is 6.04 Å². The summed E-state index contributed by atoms with van der Waals surface area (Å²) < 4.78 is 41.3. The van der Waals surface area contributed by atoms with Gasteiger partial charge in [0.2, 0.25) is 0 Å². The molecule has 0 aliphatic rings. The minimum Gasteiger partial charge on any atom is -0.460 e. The van der Waals surface area contributed by atoms with E-state index >= 15 is 0 Å². The van der Waals surface area contributed by atoms with Crippen molar-refractivity contribution in [1.29, 1.82) is 0 Å². The first kappa shape index (κ1) is 28.3. The van der Waals surface area contributed by atoms with Crippen molar-refractivity contribution in [1.82, 2.24) is 0 Å².